The standard InChI is InChI=1S/C24H35NO4/c1-2-28-24-20(13-8-16-26)21(19-11-6-7-12-19)17-22(29-24)23(27)25-15-14-18-9-4-3-5-10-18/h3-5,9-10,17,19-21,24,26H,2,6-8,11-16H2,1H3,(H,25,27)/t20-,21+,24+/m1/s1. The van der Waals surface area contributed by atoms with Gasteiger partial charge in [0.2, 0.25) is 6.29 Å². The van der Waals surface area contributed by atoms with Gasteiger partial charge in [-0.05, 0) is 62.5 Å². The van der Waals surface area contributed by atoms with Crippen LogP contribution in [0.1, 0.15) is 51.0 Å². The minimum atomic E-state index is -0.419. The van der Waals surface area contributed by atoms with E-state index in [9.17, 15) is 9.90 Å². The van der Waals surface area contributed by atoms with Gasteiger partial charge in [0, 0.05) is 25.7 Å². The van der Waals surface area contributed by atoms with Gasteiger partial charge in [-0.15, -0.1) is 0 Å². The Morgan fingerprint density at radius 2 is 2.00 bits per heavy atom. The number of aliphatic hydroxyl groups excluding tert-OH is 1. The molecular weight excluding hydrogens is 366 g/mol. The van der Waals surface area contributed by atoms with E-state index in [1.54, 1.807) is 0 Å². The molecule has 1 fully saturated rings. The van der Waals surface area contributed by atoms with Crippen molar-refractivity contribution in [1.29, 1.82) is 0 Å². The Kier molecular flexibility index (Phi) is 8.56. The lowest BCUT2D eigenvalue weighted by atomic mass is 9.76. The predicted molar refractivity (Wildman–Crippen MR) is 113 cm³/mol. The van der Waals surface area contributed by atoms with Crippen LogP contribution in [0, 0.1) is 17.8 Å². The summed E-state index contributed by atoms with van der Waals surface area (Å²) < 4.78 is 11.9. The normalized spacial score (nSPS) is 24.8. The number of nitrogens with one attached hydrogen (secondary N) is 1. The van der Waals surface area contributed by atoms with Crippen LogP contribution in [0.5, 0.6) is 0 Å². The molecule has 5 nitrogen and oxygen atoms in total. The van der Waals surface area contributed by atoms with Gasteiger partial charge in [-0.2, -0.15) is 0 Å². The van der Waals surface area contributed by atoms with E-state index in [0.29, 0.717) is 24.8 Å². The zero-order valence-electron chi connectivity index (χ0n) is 17.5. The van der Waals surface area contributed by atoms with E-state index in [1.807, 2.05) is 31.2 Å². The van der Waals surface area contributed by atoms with E-state index in [0.717, 1.165) is 19.3 Å². The van der Waals surface area contributed by atoms with Crippen LogP contribution in [-0.2, 0) is 20.7 Å². The Morgan fingerprint density at radius 3 is 2.69 bits per heavy atom. The first-order chi connectivity index (χ1) is 14.2. The molecule has 2 N–H and O–H groups in total. The molecule has 0 saturated heterocycles. The summed E-state index contributed by atoms with van der Waals surface area (Å²) in [6.07, 6.45) is 8.88. The van der Waals surface area contributed by atoms with Crippen LogP contribution in [0.15, 0.2) is 42.2 Å². The van der Waals surface area contributed by atoms with Crippen molar-refractivity contribution in [3.8, 4) is 0 Å². The zero-order chi connectivity index (χ0) is 20.5. The lowest BCUT2D eigenvalue weighted by Crippen LogP contribution is -2.41. The molecule has 0 spiro atoms. The minimum Gasteiger partial charge on any atom is -0.459 e. The fraction of sp³-hybridized carbons (Fsp3) is 0.625. The van der Waals surface area contributed by atoms with Crippen LogP contribution < -0.4 is 5.32 Å². The molecule has 1 heterocycles. The van der Waals surface area contributed by atoms with Gasteiger partial charge in [0.05, 0.1) is 0 Å². The lowest BCUT2D eigenvalue weighted by molar-refractivity contribution is -0.176. The maximum absolute atomic E-state index is 12.8. The van der Waals surface area contributed by atoms with E-state index >= 15 is 0 Å². The number of allylic oxidation sites excluding steroid dienone is 1. The first-order valence-corrected chi connectivity index (χ1v) is 11.2. The Bertz CT molecular complexity index is 654. The van der Waals surface area contributed by atoms with Gasteiger partial charge in [0.1, 0.15) is 0 Å². The smallest absolute Gasteiger partial charge is 0.286 e. The minimum absolute atomic E-state index is 0.158. The predicted octanol–water partition coefficient (Wildman–Crippen LogP) is 3.82. The molecular formula is C24H35NO4. The number of aliphatic hydroxyl groups is 1. The van der Waals surface area contributed by atoms with Gasteiger partial charge in [-0.25, -0.2) is 0 Å². The monoisotopic (exact) mass is 401 g/mol. The van der Waals surface area contributed by atoms with E-state index < -0.39 is 6.29 Å². The zero-order valence-corrected chi connectivity index (χ0v) is 17.5. The molecule has 1 saturated carbocycles. The van der Waals surface area contributed by atoms with Crippen molar-refractivity contribution < 1.29 is 19.4 Å². The SMILES string of the molecule is CCO[C@H]1OC(C(=O)NCCc2ccccc2)=C[C@@H](C2CCCC2)[C@H]1CCCO. The van der Waals surface area contributed by atoms with Crippen LogP contribution in [-0.4, -0.2) is 37.1 Å². The quantitative estimate of drug-likeness (QED) is 0.625. The van der Waals surface area contributed by atoms with Gasteiger partial charge in [0.25, 0.3) is 5.91 Å². The van der Waals surface area contributed by atoms with E-state index in [4.69, 9.17) is 9.47 Å². The second-order valence-corrected chi connectivity index (χ2v) is 8.12. The van der Waals surface area contributed by atoms with Crippen molar-refractivity contribution in [2.75, 3.05) is 19.8 Å². The summed E-state index contributed by atoms with van der Waals surface area (Å²) in [6.45, 7) is 3.24. The molecule has 29 heavy (non-hydrogen) atoms. The fourth-order valence-electron chi connectivity index (χ4n) is 4.72. The molecule has 0 bridgehead atoms. The third-order valence-electron chi connectivity index (χ3n) is 6.17. The molecule has 0 unspecified atom stereocenters. The molecule has 0 radical (unpaired) electrons. The number of hydrogen-bond donors (Lipinski definition) is 2. The van der Waals surface area contributed by atoms with Crippen molar-refractivity contribution in [2.45, 2.75) is 58.2 Å². The largest absolute Gasteiger partial charge is 0.459 e. The van der Waals surface area contributed by atoms with Crippen molar-refractivity contribution in [3.05, 3.63) is 47.7 Å². The van der Waals surface area contributed by atoms with Gasteiger partial charge in [-0.1, -0.05) is 43.2 Å². The summed E-state index contributed by atoms with van der Waals surface area (Å²) in [4.78, 5) is 12.8. The highest BCUT2D eigenvalue weighted by atomic mass is 16.7. The lowest BCUT2D eigenvalue weighted by Gasteiger charge is -2.39. The Hall–Kier alpha value is -1.85. The second kappa shape index (κ2) is 11.4. The number of rotatable bonds is 10. The highest BCUT2D eigenvalue weighted by molar-refractivity contribution is 5.91. The first kappa shape index (κ1) is 21.8. The Morgan fingerprint density at radius 1 is 1.24 bits per heavy atom. The molecule has 0 aromatic heterocycles. The van der Waals surface area contributed by atoms with Crippen LogP contribution in [0.4, 0.5) is 0 Å². The van der Waals surface area contributed by atoms with Crippen molar-refractivity contribution >= 4 is 5.91 Å². The number of carbonyl (C=O) groups is 1. The van der Waals surface area contributed by atoms with Crippen LogP contribution in [0.3, 0.4) is 0 Å². The van der Waals surface area contributed by atoms with Crippen LogP contribution in [0.25, 0.3) is 0 Å². The molecule has 3 rings (SSSR count). The third kappa shape index (κ3) is 6.06. The van der Waals surface area contributed by atoms with E-state index in [1.165, 1.54) is 31.2 Å². The molecule has 1 aromatic carbocycles. The van der Waals surface area contributed by atoms with Gasteiger partial charge < -0.3 is 19.9 Å². The summed E-state index contributed by atoms with van der Waals surface area (Å²) in [5, 5.41) is 12.3. The molecule has 3 atom stereocenters. The van der Waals surface area contributed by atoms with Crippen LogP contribution in [0.2, 0.25) is 0 Å². The van der Waals surface area contributed by atoms with Crippen LogP contribution >= 0.6 is 0 Å². The van der Waals surface area contributed by atoms with Crippen molar-refractivity contribution in [2.24, 2.45) is 17.8 Å². The number of amides is 1. The molecule has 1 aliphatic carbocycles. The number of carbonyl (C=O) groups excluding carboxylic acids is 1. The third-order valence-corrected chi connectivity index (χ3v) is 6.17. The molecule has 1 aliphatic heterocycles. The maximum atomic E-state index is 12.8. The molecule has 2 aliphatic rings. The first-order valence-electron chi connectivity index (χ1n) is 11.2. The Labute approximate surface area is 174 Å². The highest BCUT2D eigenvalue weighted by Crippen LogP contribution is 2.43. The van der Waals surface area contributed by atoms with Gasteiger partial charge in [-0.3, -0.25) is 4.79 Å². The number of benzene rings is 1. The van der Waals surface area contributed by atoms with Gasteiger partial charge in [0.15, 0.2) is 5.76 Å². The number of ether oxygens (including phenoxy) is 2. The summed E-state index contributed by atoms with van der Waals surface area (Å²) in [5.74, 6) is 1.26. The molecule has 160 valence electrons. The van der Waals surface area contributed by atoms with Gasteiger partial charge >= 0.3 is 0 Å². The number of hydrogen-bond acceptors (Lipinski definition) is 4. The highest BCUT2D eigenvalue weighted by Gasteiger charge is 2.41. The van der Waals surface area contributed by atoms with E-state index in [2.05, 4.69) is 17.4 Å². The van der Waals surface area contributed by atoms with Crippen molar-refractivity contribution in [3.63, 3.8) is 0 Å². The molecule has 1 amide bonds. The maximum Gasteiger partial charge on any atom is 0.286 e. The fourth-order valence-corrected chi connectivity index (χ4v) is 4.72. The Balaban J connectivity index is 1.68. The average Bonchev–Trinajstić information content (AvgIpc) is 3.28. The summed E-state index contributed by atoms with van der Waals surface area (Å²) >= 11 is 0. The second-order valence-electron chi connectivity index (χ2n) is 8.12. The van der Waals surface area contributed by atoms with E-state index in [-0.39, 0.29) is 24.3 Å². The summed E-state index contributed by atoms with van der Waals surface area (Å²) in [5.41, 5.74) is 1.20. The molecule has 5 heteroatoms. The topological polar surface area (TPSA) is 67.8 Å². The summed E-state index contributed by atoms with van der Waals surface area (Å²) in [6, 6.07) is 10.1. The molecule has 1 aromatic rings. The summed E-state index contributed by atoms with van der Waals surface area (Å²) in [7, 11) is 0. The average molecular weight is 402 g/mol. The van der Waals surface area contributed by atoms with Crippen molar-refractivity contribution in [1.82, 2.24) is 5.32 Å².